The molecule has 3 aliphatic carbocycles. The second kappa shape index (κ2) is 4.83. The van der Waals surface area contributed by atoms with Gasteiger partial charge in [-0.25, -0.2) is 0 Å². The molecule has 4 aliphatic rings. The van der Waals surface area contributed by atoms with Gasteiger partial charge in [-0.1, -0.05) is 44.2 Å². The molecule has 1 heterocycles. The van der Waals surface area contributed by atoms with Crippen molar-refractivity contribution < 1.29 is 9.31 Å². The molecule has 0 aromatic heterocycles. The molecule has 1 aromatic carbocycles. The van der Waals surface area contributed by atoms with Crippen LogP contribution in [-0.2, 0) is 15.7 Å². The standard InChI is InChI=1S/C18H26BNO2/c1-17(2)13-10-14(17)18(3)15(11-13)21-19(22-18)16(20)9-12-7-5-4-6-8-12/h4-8,13-16H,9-11,20H2,1-3H3/t13-,14-,15?,16?,18-/m0/s1. The van der Waals surface area contributed by atoms with Crippen LogP contribution in [0, 0.1) is 17.3 Å². The van der Waals surface area contributed by atoms with Crippen LogP contribution in [-0.4, -0.2) is 24.8 Å². The molecule has 2 N–H and O–H groups in total. The Balaban J connectivity index is 1.48. The monoisotopic (exact) mass is 299 g/mol. The van der Waals surface area contributed by atoms with Gasteiger partial charge in [-0.05, 0) is 49.0 Å². The molecule has 4 heteroatoms. The van der Waals surface area contributed by atoms with Gasteiger partial charge in [0, 0.05) is 5.94 Å². The topological polar surface area (TPSA) is 44.5 Å². The number of nitrogens with two attached hydrogens (primary N) is 1. The highest BCUT2D eigenvalue weighted by Crippen LogP contribution is 2.65. The van der Waals surface area contributed by atoms with Crippen molar-refractivity contribution in [1.29, 1.82) is 0 Å². The van der Waals surface area contributed by atoms with Crippen molar-refractivity contribution in [3.05, 3.63) is 35.9 Å². The highest BCUT2D eigenvalue weighted by atomic mass is 16.7. The maximum Gasteiger partial charge on any atom is 0.475 e. The predicted molar refractivity (Wildman–Crippen MR) is 88.2 cm³/mol. The molecule has 2 bridgehead atoms. The third-order valence-corrected chi connectivity index (χ3v) is 6.63. The van der Waals surface area contributed by atoms with E-state index in [1.54, 1.807) is 0 Å². The average Bonchev–Trinajstić information content (AvgIpc) is 2.85. The molecule has 0 amide bonds. The fourth-order valence-electron chi connectivity index (χ4n) is 5.06. The van der Waals surface area contributed by atoms with Crippen LogP contribution in [0.15, 0.2) is 30.3 Å². The van der Waals surface area contributed by atoms with E-state index in [4.69, 9.17) is 15.0 Å². The normalized spacial score (nSPS) is 40.0. The summed E-state index contributed by atoms with van der Waals surface area (Å²) < 4.78 is 12.7. The van der Waals surface area contributed by atoms with E-state index in [2.05, 4.69) is 45.0 Å². The van der Waals surface area contributed by atoms with Crippen LogP contribution in [0.25, 0.3) is 0 Å². The van der Waals surface area contributed by atoms with Gasteiger partial charge in [-0.2, -0.15) is 0 Å². The largest absolute Gasteiger partial charge is 0.475 e. The summed E-state index contributed by atoms with van der Waals surface area (Å²) in [6, 6.07) is 10.4. The summed E-state index contributed by atoms with van der Waals surface area (Å²) in [6.07, 6.45) is 3.42. The van der Waals surface area contributed by atoms with Crippen LogP contribution in [0.2, 0.25) is 0 Å². The molecular weight excluding hydrogens is 273 g/mol. The fourth-order valence-corrected chi connectivity index (χ4v) is 5.06. The molecule has 1 aromatic rings. The zero-order valence-electron chi connectivity index (χ0n) is 13.8. The highest BCUT2D eigenvalue weighted by molar-refractivity contribution is 6.47. The van der Waals surface area contributed by atoms with Crippen LogP contribution in [0.1, 0.15) is 39.2 Å². The zero-order valence-corrected chi connectivity index (χ0v) is 13.8. The Kier molecular flexibility index (Phi) is 3.23. The van der Waals surface area contributed by atoms with Gasteiger partial charge in [0.25, 0.3) is 0 Å². The second-order valence-electron chi connectivity index (χ2n) is 8.19. The van der Waals surface area contributed by atoms with Crippen LogP contribution < -0.4 is 5.73 Å². The molecule has 1 aliphatic heterocycles. The number of hydrogen-bond donors (Lipinski definition) is 1. The number of hydrogen-bond acceptors (Lipinski definition) is 3. The van der Waals surface area contributed by atoms with Crippen molar-refractivity contribution >= 4 is 7.12 Å². The van der Waals surface area contributed by atoms with Gasteiger partial charge < -0.3 is 15.0 Å². The summed E-state index contributed by atoms with van der Waals surface area (Å²) in [6.45, 7) is 7.01. The molecule has 118 valence electrons. The second-order valence-corrected chi connectivity index (χ2v) is 8.19. The van der Waals surface area contributed by atoms with Crippen LogP contribution in [0.5, 0.6) is 0 Å². The zero-order chi connectivity index (χ0) is 15.5. The van der Waals surface area contributed by atoms with Crippen LogP contribution >= 0.6 is 0 Å². The number of benzene rings is 1. The minimum atomic E-state index is -0.273. The maximum atomic E-state index is 6.43. The Morgan fingerprint density at radius 3 is 2.64 bits per heavy atom. The van der Waals surface area contributed by atoms with E-state index in [1.165, 1.54) is 12.0 Å². The van der Waals surface area contributed by atoms with Crippen LogP contribution in [0.4, 0.5) is 0 Å². The third kappa shape index (κ3) is 2.00. The Morgan fingerprint density at radius 1 is 1.23 bits per heavy atom. The van der Waals surface area contributed by atoms with E-state index in [-0.39, 0.29) is 24.8 Å². The molecule has 3 saturated carbocycles. The first-order chi connectivity index (χ1) is 10.4. The quantitative estimate of drug-likeness (QED) is 0.873. The minimum Gasteiger partial charge on any atom is -0.404 e. The van der Waals surface area contributed by atoms with E-state index >= 15 is 0 Å². The summed E-state index contributed by atoms with van der Waals surface area (Å²) in [5.74, 6) is 1.27. The SMILES string of the molecule is CC1(C)[C@@H]2CC3OB(C(N)Cc4ccccc4)O[C@@]3(C)[C@H]1C2. The van der Waals surface area contributed by atoms with Gasteiger partial charge >= 0.3 is 7.12 Å². The molecule has 2 unspecified atom stereocenters. The lowest BCUT2D eigenvalue weighted by Gasteiger charge is -2.64. The molecule has 5 rings (SSSR count). The van der Waals surface area contributed by atoms with E-state index < -0.39 is 0 Å². The van der Waals surface area contributed by atoms with Gasteiger partial charge in [-0.3, -0.25) is 0 Å². The molecule has 0 radical (unpaired) electrons. The Hall–Kier alpha value is -0.835. The fraction of sp³-hybridized carbons (Fsp3) is 0.667. The summed E-state index contributed by atoms with van der Waals surface area (Å²) in [5.41, 5.74) is 7.87. The average molecular weight is 299 g/mol. The molecule has 4 fully saturated rings. The molecule has 0 spiro atoms. The smallest absolute Gasteiger partial charge is 0.404 e. The lowest BCUT2D eigenvalue weighted by atomic mass is 9.43. The Morgan fingerprint density at radius 2 is 1.95 bits per heavy atom. The predicted octanol–water partition coefficient (Wildman–Crippen LogP) is 2.82. The van der Waals surface area contributed by atoms with Gasteiger partial charge in [0.05, 0.1) is 11.7 Å². The molecule has 3 nitrogen and oxygen atoms in total. The van der Waals surface area contributed by atoms with E-state index in [1.807, 2.05) is 6.07 Å². The minimum absolute atomic E-state index is 0.106. The Labute approximate surface area is 133 Å². The summed E-state index contributed by atoms with van der Waals surface area (Å²) in [7, 11) is -0.273. The first-order valence-corrected chi connectivity index (χ1v) is 8.54. The molecular formula is C18H26BNO2. The van der Waals surface area contributed by atoms with Gasteiger partial charge in [0.2, 0.25) is 0 Å². The first kappa shape index (κ1) is 14.7. The molecule has 5 atom stereocenters. The van der Waals surface area contributed by atoms with Crippen molar-refractivity contribution in [2.45, 2.75) is 57.7 Å². The van der Waals surface area contributed by atoms with Crippen molar-refractivity contribution in [1.82, 2.24) is 0 Å². The lowest BCUT2D eigenvalue weighted by Crippen LogP contribution is -2.65. The van der Waals surface area contributed by atoms with Crippen molar-refractivity contribution in [3.63, 3.8) is 0 Å². The highest BCUT2D eigenvalue weighted by Gasteiger charge is 2.68. The summed E-state index contributed by atoms with van der Waals surface area (Å²) >= 11 is 0. The van der Waals surface area contributed by atoms with Gasteiger partial charge in [0.15, 0.2) is 0 Å². The summed E-state index contributed by atoms with van der Waals surface area (Å²) in [5, 5.41) is 0. The van der Waals surface area contributed by atoms with E-state index in [0.29, 0.717) is 11.3 Å². The van der Waals surface area contributed by atoms with Crippen molar-refractivity contribution in [2.24, 2.45) is 23.0 Å². The molecule has 1 saturated heterocycles. The van der Waals surface area contributed by atoms with Gasteiger partial charge in [-0.15, -0.1) is 0 Å². The van der Waals surface area contributed by atoms with E-state index in [9.17, 15) is 0 Å². The summed E-state index contributed by atoms with van der Waals surface area (Å²) in [4.78, 5) is 0. The van der Waals surface area contributed by atoms with Crippen molar-refractivity contribution in [2.75, 3.05) is 0 Å². The maximum absolute atomic E-state index is 6.43. The van der Waals surface area contributed by atoms with Crippen LogP contribution in [0.3, 0.4) is 0 Å². The number of rotatable bonds is 3. The van der Waals surface area contributed by atoms with E-state index in [0.717, 1.165) is 18.8 Å². The first-order valence-electron chi connectivity index (χ1n) is 8.54. The van der Waals surface area contributed by atoms with Crippen molar-refractivity contribution in [3.8, 4) is 0 Å². The molecule has 22 heavy (non-hydrogen) atoms. The van der Waals surface area contributed by atoms with Gasteiger partial charge in [0.1, 0.15) is 0 Å². The lowest BCUT2D eigenvalue weighted by molar-refractivity contribution is -0.199. The third-order valence-electron chi connectivity index (χ3n) is 6.63. The Bertz CT molecular complexity index is 563.